The third-order valence-electron chi connectivity index (χ3n) is 3.62. The van der Waals surface area contributed by atoms with E-state index in [0.717, 1.165) is 23.9 Å². The van der Waals surface area contributed by atoms with Gasteiger partial charge in [-0.2, -0.15) is 0 Å². The van der Waals surface area contributed by atoms with Crippen LogP contribution in [0.15, 0.2) is 29.6 Å². The maximum atomic E-state index is 12.2. The number of rotatable bonds is 4. The van der Waals surface area contributed by atoms with Crippen molar-refractivity contribution < 1.29 is 14.3 Å². The number of aromatic nitrogens is 1. The second kappa shape index (κ2) is 8.79. The molecule has 3 rings (SSSR count). The van der Waals surface area contributed by atoms with E-state index < -0.39 is 0 Å². The Morgan fingerprint density at radius 1 is 1.35 bits per heavy atom. The smallest absolute Gasteiger partial charge is 0.289 e. The minimum Gasteiger partial charge on any atom is -0.497 e. The van der Waals surface area contributed by atoms with E-state index in [9.17, 15) is 4.79 Å². The molecule has 0 saturated carbocycles. The average Bonchev–Trinajstić information content (AvgIpc) is 3.17. The van der Waals surface area contributed by atoms with Gasteiger partial charge in [-0.15, -0.1) is 11.3 Å². The van der Waals surface area contributed by atoms with Crippen molar-refractivity contribution in [3.63, 3.8) is 0 Å². The minimum absolute atomic E-state index is 0.259. The van der Waals surface area contributed by atoms with Crippen molar-refractivity contribution in [3.05, 3.63) is 35.3 Å². The Hall–Kier alpha value is -2.43. The van der Waals surface area contributed by atoms with Crippen LogP contribution in [0.1, 0.15) is 10.5 Å². The van der Waals surface area contributed by atoms with Gasteiger partial charge in [0.1, 0.15) is 11.4 Å². The second-order valence-electron chi connectivity index (χ2n) is 5.38. The number of ether oxygens (including phenoxy) is 2. The summed E-state index contributed by atoms with van der Waals surface area (Å²) in [6.45, 7) is 2.91. The van der Waals surface area contributed by atoms with E-state index in [0.29, 0.717) is 24.7 Å². The maximum absolute atomic E-state index is 12.2. The molecule has 0 unspecified atom stereocenters. The fourth-order valence-electron chi connectivity index (χ4n) is 2.31. The Morgan fingerprint density at radius 2 is 2.15 bits per heavy atom. The lowest BCUT2D eigenvalue weighted by Crippen LogP contribution is -2.44. The van der Waals surface area contributed by atoms with Crippen molar-refractivity contribution in [2.45, 2.75) is 0 Å². The number of thiazole rings is 1. The number of morpholine rings is 1. The molecule has 0 bridgehead atoms. The number of carbonyl (C=O) groups is 1. The number of methoxy groups -OCH3 is 1. The Kier molecular flexibility index (Phi) is 6.21. The lowest BCUT2D eigenvalue weighted by molar-refractivity contribution is 0.0940. The number of hydrogen-bond donors (Lipinski definition) is 3. The molecule has 1 aliphatic heterocycles. The molecule has 1 aliphatic rings. The lowest BCUT2D eigenvalue weighted by Gasteiger charge is -2.25. The monoisotopic (exact) mass is 393 g/mol. The summed E-state index contributed by atoms with van der Waals surface area (Å²) in [4.78, 5) is 18.7. The molecule has 3 N–H and O–H groups in total. The molecule has 1 fully saturated rings. The van der Waals surface area contributed by atoms with Crippen LogP contribution >= 0.6 is 23.6 Å². The minimum atomic E-state index is -0.351. The highest BCUT2D eigenvalue weighted by molar-refractivity contribution is 7.80. The van der Waals surface area contributed by atoms with Crippen molar-refractivity contribution in [2.24, 2.45) is 0 Å². The van der Waals surface area contributed by atoms with Gasteiger partial charge in [-0.3, -0.25) is 15.6 Å². The molecular weight excluding hydrogens is 374 g/mol. The van der Waals surface area contributed by atoms with Crippen LogP contribution in [-0.4, -0.2) is 49.4 Å². The Balaban J connectivity index is 1.50. The van der Waals surface area contributed by atoms with Gasteiger partial charge in [-0.1, -0.05) is 6.07 Å². The molecule has 1 amide bonds. The van der Waals surface area contributed by atoms with Gasteiger partial charge in [0.25, 0.3) is 5.91 Å². The van der Waals surface area contributed by atoms with Gasteiger partial charge in [-0.25, -0.2) is 4.98 Å². The Labute approximate surface area is 160 Å². The van der Waals surface area contributed by atoms with Crippen molar-refractivity contribution in [3.8, 4) is 5.75 Å². The van der Waals surface area contributed by atoms with Gasteiger partial charge in [0, 0.05) is 30.2 Å². The summed E-state index contributed by atoms with van der Waals surface area (Å²) in [6, 6.07) is 7.31. The van der Waals surface area contributed by atoms with Gasteiger partial charge >= 0.3 is 0 Å². The maximum Gasteiger partial charge on any atom is 0.289 e. The molecule has 0 spiro atoms. The van der Waals surface area contributed by atoms with Crippen LogP contribution < -0.4 is 25.8 Å². The fourth-order valence-corrected chi connectivity index (χ4v) is 3.34. The van der Waals surface area contributed by atoms with Crippen LogP contribution in [0.4, 0.5) is 10.8 Å². The van der Waals surface area contributed by atoms with E-state index in [4.69, 9.17) is 21.7 Å². The predicted octanol–water partition coefficient (Wildman–Crippen LogP) is 1.62. The highest BCUT2D eigenvalue weighted by Gasteiger charge is 2.17. The number of thiocarbonyl (C=S) groups is 1. The molecule has 1 aromatic heterocycles. The molecule has 138 valence electrons. The van der Waals surface area contributed by atoms with E-state index in [2.05, 4.69) is 26.1 Å². The first-order valence-corrected chi connectivity index (χ1v) is 9.24. The van der Waals surface area contributed by atoms with E-state index in [1.165, 1.54) is 11.3 Å². The first-order chi connectivity index (χ1) is 12.7. The summed E-state index contributed by atoms with van der Waals surface area (Å²) in [7, 11) is 1.59. The van der Waals surface area contributed by atoms with Crippen LogP contribution in [0, 0.1) is 0 Å². The van der Waals surface area contributed by atoms with Gasteiger partial charge in [0.05, 0.1) is 20.3 Å². The van der Waals surface area contributed by atoms with E-state index in [-0.39, 0.29) is 11.0 Å². The highest BCUT2D eigenvalue weighted by atomic mass is 32.1. The van der Waals surface area contributed by atoms with Crippen molar-refractivity contribution >= 4 is 45.4 Å². The van der Waals surface area contributed by atoms with Crippen LogP contribution in [0.5, 0.6) is 5.75 Å². The first kappa shape index (κ1) is 18.4. The summed E-state index contributed by atoms with van der Waals surface area (Å²) in [5.41, 5.74) is 6.30. The number of amides is 1. The number of benzene rings is 1. The topological polar surface area (TPSA) is 87.8 Å². The van der Waals surface area contributed by atoms with Crippen molar-refractivity contribution in [1.29, 1.82) is 0 Å². The second-order valence-corrected chi connectivity index (χ2v) is 6.62. The van der Waals surface area contributed by atoms with Crippen molar-refractivity contribution in [2.75, 3.05) is 43.6 Å². The summed E-state index contributed by atoms with van der Waals surface area (Å²) < 4.78 is 10.5. The predicted molar refractivity (Wildman–Crippen MR) is 105 cm³/mol. The molecule has 8 nitrogen and oxygen atoms in total. The molecule has 1 aromatic carbocycles. The van der Waals surface area contributed by atoms with E-state index in [1.54, 1.807) is 18.6 Å². The van der Waals surface area contributed by atoms with Crippen LogP contribution in [0.25, 0.3) is 0 Å². The SMILES string of the molecule is COc1cccc(NC(=S)NNC(=O)c2csc(N3CCOCC3)n2)c1. The summed E-state index contributed by atoms with van der Waals surface area (Å²) in [5.74, 6) is 0.357. The zero-order valence-electron chi connectivity index (χ0n) is 14.2. The van der Waals surface area contributed by atoms with Gasteiger partial charge < -0.3 is 19.7 Å². The standard InChI is InChI=1S/C16H19N5O3S2/c1-23-12-4-2-3-11(9-12)17-15(25)20-19-14(22)13-10-26-16(18-13)21-5-7-24-8-6-21/h2-4,9-10H,5-8H2,1H3,(H,19,22)(H2,17,20,25). The van der Waals surface area contributed by atoms with Gasteiger partial charge in [0.2, 0.25) is 0 Å². The largest absolute Gasteiger partial charge is 0.497 e. The third-order valence-corrected chi connectivity index (χ3v) is 4.73. The quantitative estimate of drug-likeness (QED) is 0.534. The third kappa shape index (κ3) is 4.81. The van der Waals surface area contributed by atoms with Crippen LogP contribution in [0.2, 0.25) is 0 Å². The molecule has 2 heterocycles. The lowest BCUT2D eigenvalue weighted by atomic mass is 10.3. The van der Waals surface area contributed by atoms with Crippen molar-refractivity contribution in [1.82, 2.24) is 15.8 Å². The van der Waals surface area contributed by atoms with E-state index >= 15 is 0 Å². The van der Waals surface area contributed by atoms with Gasteiger partial charge in [-0.05, 0) is 24.4 Å². The zero-order valence-corrected chi connectivity index (χ0v) is 15.8. The Bertz CT molecular complexity index is 777. The summed E-state index contributed by atoms with van der Waals surface area (Å²) >= 11 is 6.61. The van der Waals surface area contributed by atoms with Crippen LogP contribution in [0.3, 0.4) is 0 Å². The Morgan fingerprint density at radius 3 is 2.92 bits per heavy atom. The average molecular weight is 393 g/mol. The summed E-state index contributed by atoms with van der Waals surface area (Å²) in [6.07, 6.45) is 0. The number of carbonyl (C=O) groups excluding carboxylic acids is 1. The molecule has 0 radical (unpaired) electrons. The highest BCUT2D eigenvalue weighted by Crippen LogP contribution is 2.21. The normalized spacial score (nSPS) is 13.8. The molecule has 0 atom stereocenters. The van der Waals surface area contributed by atoms with Crippen LogP contribution in [-0.2, 0) is 4.74 Å². The number of anilines is 2. The summed E-state index contributed by atoms with van der Waals surface area (Å²) in [5, 5.41) is 5.76. The first-order valence-electron chi connectivity index (χ1n) is 7.95. The molecule has 0 aliphatic carbocycles. The molecule has 2 aromatic rings. The zero-order chi connectivity index (χ0) is 18.4. The number of hydrazine groups is 1. The number of nitrogens with one attached hydrogen (secondary N) is 3. The number of hydrogen-bond acceptors (Lipinski definition) is 7. The molecule has 10 heteroatoms. The fraction of sp³-hybridized carbons (Fsp3) is 0.312. The number of nitrogens with zero attached hydrogens (tertiary/aromatic N) is 2. The van der Waals surface area contributed by atoms with Gasteiger partial charge in [0.15, 0.2) is 10.2 Å². The molecule has 26 heavy (non-hydrogen) atoms. The van der Waals surface area contributed by atoms with E-state index in [1.807, 2.05) is 18.2 Å². The molecule has 1 saturated heterocycles. The molecular formula is C16H19N5O3S2.